The van der Waals surface area contributed by atoms with Gasteiger partial charge in [0.1, 0.15) is 17.3 Å². The number of ether oxygens (including phenoxy) is 4. The van der Waals surface area contributed by atoms with Gasteiger partial charge in [-0.1, -0.05) is 12.1 Å². The van der Waals surface area contributed by atoms with Crippen molar-refractivity contribution < 1.29 is 37.7 Å². The minimum absolute atomic E-state index is 0.123. The highest BCUT2D eigenvalue weighted by molar-refractivity contribution is 5.98. The van der Waals surface area contributed by atoms with Crippen LogP contribution < -0.4 is 19.5 Å². The molecule has 3 aliphatic heterocycles. The van der Waals surface area contributed by atoms with E-state index in [1.165, 1.54) is 50.9 Å². The molecular formula is C34H30FN3O7. The van der Waals surface area contributed by atoms with E-state index in [1.54, 1.807) is 17.0 Å². The zero-order valence-electron chi connectivity index (χ0n) is 24.7. The summed E-state index contributed by atoms with van der Waals surface area (Å²) in [4.78, 5) is 44.8. The van der Waals surface area contributed by atoms with Gasteiger partial charge in [0.05, 0.1) is 43.6 Å². The first-order chi connectivity index (χ1) is 21.9. The second-order valence-electron chi connectivity index (χ2n) is 10.6. The predicted molar refractivity (Wildman–Crippen MR) is 161 cm³/mol. The van der Waals surface area contributed by atoms with Crippen molar-refractivity contribution in [3.05, 3.63) is 112 Å². The average Bonchev–Trinajstić information content (AvgIpc) is 3.07. The number of pyridine rings is 1. The number of nitrogens with zero attached hydrogens (tertiary/aromatic N) is 2. The van der Waals surface area contributed by atoms with Crippen molar-refractivity contribution in [3.8, 4) is 23.0 Å². The summed E-state index contributed by atoms with van der Waals surface area (Å²) in [5, 5.41) is 2.73. The molecule has 4 aromatic rings. The minimum atomic E-state index is -0.655. The normalized spacial score (nSPS) is 15.9. The van der Waals surface area contributed by atoms with Crippen molar-refractivity contribution in [1.29, 1.82) is 0 Å². The highest BCUT2D eigenvalue weighted by Gasteiger charge is 2.34. The number of amides is 2. The zero-order valence-corrected chi connectivity index (χ0v) is 24.7. The molecule has 1 unspecified atom stereocenters. The Balaban J connectivity index is 1.45. The summed E-state index contributed by atoms with van der Waals surface area (Å²) in [6.45, 7) is 0.843. The summed E-state index contributed by atoms with van der Waals surface area (Å²) in [7, 11) is 2.81. The second kappa shape index (κ2) is 12.7. The number of nitrogens with one attached hydrogen (secondary N) is 1. The highest BCUT2D eigenvalue weighted by Crippen LogP contribution is 2.41. The minimum Gasteiger partial charge on any atom is -0.493 e. The summed E-state index contributed by atoms with van der Waals surface area (Å²) < 4.78 is 37.1. The number of methoxy groups -OCH3 is 2. The van der Waals surface area contributed by atoms with Gasteiger partial charge in [-0.05, 0) is 78.1 Å². The van der Waals surface area contributed by atoms with Gasteiger partial charge in [0.15, 0.2) is 11.5 Å². The molecule has 3 aliphatic rings. The molecule has 8 bridgehead atoms. The maximum atomic E-state index is 14.6. The maximum absolute atomic E-state index is 14.6. The third kappa shape index (κ3) is 6.01. The number of halogens is 1. The van der Waals surface area contributed by atoms with Crippen LogP contribution in [0.15, 0.2) is 73.1 Å². The van der Waals surface area contributed by atoms with E-state index >= 15 is 0 Å². The largest absolute Gasteiger partial charge is 0.493 e. The number of rotatable bonds is 3. The van der Waals surface area contributed by atoms with Crippen LogP contribution in [0.1, 0.15) is 60.2 Å². The Hall–Kier alpha value is -5.45. The summed E-state index contributed by atoms with van der Waals surface area (Å²) in [5.41, 5.74) is 2.90. The standard InChI is InChI=1S/C34H30FN3O7/c1-42-29-9-4-21-16-30(29)44-13-3-11-37-32(39)27-17-25(6-8-28(27)35)45-24-5-7-26-20(15-24)10-12-38(31(21)26)33(40)22-14-23(19-36-18-22)34(41)43-2/h4-9,14-19,31H,3,10-13H2,1-2H3,(H,37,39). The number of fused-ring (bicyclic) bond motifs is 6. The summed E-state index contributed by atoms with van der Waals surface area (Å²) >= 11 is 0. The predicted octanol–water partition coefficient (Wildman–Crippen LogP) is 5.11. The van der Waals surface area contributed by atoms with Crippen molar-refractivity contribution in [2.75, 3.05) is 33.9 Å². The van der Waals surface area contributed by atoms with Gasteiger partial charge in [-0.25, -0.2) is 9.18 Å². The number of carbonyl (C=O) groups excluding carboxylic acids is 3. The Labute approximate surface area is 258 Å². The van der Waals surface area contributed by atoms with Crippen molar-refractivity contribution >= 4 is 17.8 Å². The fraction of sp³-hybridized carbons (Fsp3) is 0.235. The molecule has 0 radical (unpaired) electrons. The fourth-order valence-corrected chi connectivity index (χ4v) is 5.60. The maximum Gasteiger partial charge on any atom is 0.339 e. The van der Waals surface area contributed by atoms with Gasteiger partial charge in [-0.3, -0.25) is 14.6 Å². The Morgan fingerprint density at radius 1 is 1.00 bits per heavy atom. The van der Waals surface area contributed by atoms with Crippen LogP contribution in [0.3, 0.4) is 0 Å². The molecular weight excluding hydrogens is 581 g/mol. The smallest absolute Gasteiger partial charge is 0.339 e. The lowest BCUT2D eigenvalue weighted by atomic mass is 9.87. The number of esters is 1. The molecule has 1 atom stereocenters. The molecule has 0 aliphatic carbocycles. The first-order valence-corrected chi connectivity index (χ1v) is 14.4. The molecule has 0 saturated carbocycles. The Kier molecular flexibility index (Phi) is 8.33. The van der Waals surface area contributed by atoms with Gasteiger partial charge in [-0.15, -0.1) is 0 Å². The van der Waals surface area contributed by atoms with Crippen LogP contribution in [0.4, 0.5) is 4.39 Å². The summed E-state index contributed by atoms with van der Waals surface area (Å²) in [6.07, 6.45) is 3.74. The van der Waals surface area contributed by atoms with E-state index in [4.69, 9.17) is 18.9 Å². The van der Waals surface area contributed by atoms with Crippen molar-refractivity contribution in [3.63, 3.8) is 0 Å². The molecule has 1 N–H and O–H groups in total. The molecule has 0 spiro atoms. The molecule has 4 heterocycles. The molecule has 3 aromatic carbocycles. The van der Waals surface area contributed by atoms with E-state index in [9.17, 15) is 18.8 Å². The van der Waals surface area contributed by atoms with Gasteiger partial charge < -0.3 is 29.2 Å². The molecule has 11 heteroatoms. The highest BCUT2D eigenvalue weighted by atomic mass is 19.1. The quantitative estimate of drug-likeness (QED) is 0.318. The van der Waals surface area contributed by atoms with E-state index in [0.717, 1.165) is 16.7 Å². The molecule has 2 amide bonds. The molecule has 45 heavy (non-hydrogen) atoms. The number of benzene rings is 3. The third-order valence-corrected chi connectivity index (χ3v) is 7.80. The van der Waals surface area contributed by atoms with Gasteiger partial charge in [0.2, 0.25) is 0 Å². The summed E-state index contributed by atoms with van der Waals surface area (Å²) in [6, 6.07) is 16.1. The Morgan fingerprint density at radius 3 is 2.62 bits per heavy atom. The van der Waals surface area contributed by atoms with E-state index < -0.39 is 23.7 Å². The Bertz CT molecular complexity index is 1790. The number of hydrogen-bond acceptors (Lipinski definition) is 8. The van der Waals surface area contributed by atoms with Crippen LogP contribution in [0.2, 0.25) is 0 Å². The second-order valence-corrected chi connectivity index (χ2v) is 10.6. The van der Waals surface area contributed by atoms with E-state index in [1.807, 2.05) is 24.3 Å². The molecule has 230 valence electrons. The van der Waals surface area contributed by atoms with Crippen LogP contribution >= 0.6 is 0 Å². The van der Waals surface area contributed by atoms with Crippen molar-refractivity contribution in [2.45, 2.75) is 18.9 Å². The lowest BCUT2D eigenvalue weighted by Crippen LogP contribution is -2.40. The van der Waals surface area contributed by atoms with Crippen LogP contribution in [-0.2, 0) is 11.2 Å². The van der Waals surface area contributed by atoms with E-state index in [0.29, 0.717) is 42.4 Å². The SMILES string of the molecule is COC(=O)c1cncc(C(=O)N2CCc3cc4ccc3C2c2ccc(OC)c(c2)OCCCNC(=O)c2cc(ccc2F)O4)c1. The van der Waals surface area contributed by atoms with Crippen molar-refractivity contribution in [2.24, 2.45) is 0 Å². The van der Waals surface area contributed by atoms with Crippen LogP contribution in [0.25, 0.3) is 0 Å². The van der Waals surface area contributed by atoms with Gasteiger partial charge in [0.25, 0.3) is 11.8 Å². The Morgan fingerprint density at radius 2 is 1.80 bits per heavy atom. The molecule has 1 aromatic heterocycles. The molecule has 10 nitrogen and oxygen atoms in total. The number of aromatic nitrogens is 1. The van der Waals surface area contributed by atoms with Gasteiger partial charge >= 0.3 is 5.97 Å². The molecule has 7 rings (SSSR count). The lowest BCUT2D eigenvalue weighted by Gasteiger charge is -2.38. The van der Waals surface area contributed by atoms with Crippen LogP contribution in [0, 0.1) is 5.82 Å². The zero-order chi connectivity index (χ0) is 31.5. The number of carbonyl (C=O) groups is 3. The van der Waals surface area contributed by atoms with Crippen LogP contribution in [0.5, 0.6) is 23.0 Å². The fourth-order valence-electron chi connectivity index (χ4n) is 5.60. The van der Waals surface area contributed by atoms with E-state index in [-0.39, 0.29) is 35.7 Å². The average molecular weight is 612 g/mol. The lowest BCUT2D eigenvalue weighted by molar-refractivity contribution is 0.0600. The van der Waals surface area contributed by atoms with Crippen LogP contribution in [-0.4, -0.2) is 61.6 Å². The summed E-state index contributed by atoms with van der Waals surface area (Å²) in [5.74, 6) is -0.318. The first kappa shape index (κ1) is 29.6. The number of hydrogen-bond donors (Lipinski definition) is 1. The first-order valence-electron chi connectivity index (χ1n) is 14.4. The monoisotopic (exact) mass is 611 g/mol. The van der Waals surface area contributed by atoms with Crippen molar-refractivity contribution in [1.82, 2.24) is 15.2 Å². The van der Waals surface area contributed by atoms with E-state index in [2.05, 4.69) is 10.3 Å². The molecule has 0 fully saturated rings. The topological polar surface area (TPSA) is 116 Å². The van der Waals surface area contributed by atoms with Gasteiger partial charge in [-0.2, -0.15) is 0 Å². The third-order valence-electron chi connectivity index (χ3n) is 7.80. The molecule has 0 saturated heterocycles. The van der Waals surface area contributed by atoms with Gasteiger partial charge in [0, 0.05) is 25.5 Å².